The maximum Gasteiger partial charge on any atom is 0.333 e. The van der Waals surface area contributed by atoms with Crippen molar-refractivity contribution in [1.29, 1.82) is 0 Å². The van der Waals surface area contributed by atoms with Gasteiger partial charge in [0.25, 0.3) is 0 Å². The lowest BCUT2D eigenvalue weighted by molar-refractivity contribution is -0.141. The Morgan fingerprint density at radius 2 is 1.67 bits per heavy atom. The van der Waals surface area contributed by atoms with Crippen LogP contribution in [0.3, 0.4) is 0 Å². The quantitative estimate of drug-likeness (QED) is 0.133. The van der Waals surface area contributed by atoms with Gasteiger partial charge < -0.3 is 14.6 Å². The molecule has 1 unspecified atom stereocenters. The molecule has 1 atom stereocenters. The third-order valence-electron chi connectivity index (χ3n) is 7.02. The largest absolute Gasteiger partial charge is 0.462 e. The summed E-state index contributed by atoms with van der Waals surface area (Å²) in [5.41, 5.74) is 3.63. The first-order valence-electron chi connectivity index (χ1n) is 13.5. The van der Waals surface area contributed by atoms with Gasteiger partial charge in [-0.15, -0.1) is 0 Å². The summed E-state index contributed by atoms with van der Waals surface area (Å²) < 4.78 is 10.8. The summed E-state index contributed by atoms with van der Waals surface area (Å²) in [5.74, 6) is 1.40. The van der Waals surface area contributed by atoms with Gasteiger partial charge in [-0.3, -0.25) is 4.79 Å². The zero-order valence-corrected chi connectivity index (χ0v) is 22.8. The van der Waals surface area contributed by atoms with Gasteiger partial charge in [0.15, 0.2) is 0 Å². The summed E-state index contributed by atoms with van der Waals surface area (Å²) in [6, 6.07) is 9.31. The Bertz CT molecular complexity index is 775. The predicted octanol–water partition coefficient (Wildman–Crippen LogP) is 6.27. The molecule has 1 saturated carbocycles. The third kappa shape index (κ3) is 13.2. The molecule has 0 aromatic heterocycles. The number of hydrogen-bond acceptors (Lipinski definition) is 5. The molecule has 0 bridgehead atoms. The number of aliphatic hydroxyl groups is 1. The number of aryl methyl sites for hydroxylation is 2. The van der Waals surface area contributed by atoms with Gasteiger partial charge in [-0.05, 0) is 68.4 Å². The monoisotopic (exact) mass is 500 g/mol. The van der Waals surface area contributed by atoms with Gasteiger partial charge in [0.05, 0.1) is 19.8 Å². The second-order valence-electron chi connectivity index (χ2n) is 10.1. The van der Waals surface area contributed by atoms with E-state index < -0.39 is 0 Å². The summed E-state index contributed by atoms with van der Waals surface area (Å²) in [6.45, 7) is 11.7. The van der Waals surface area contributed by atoms with Crippen LogP contribution in [-0.2, 0) is 31.9 Å². The van der Waals surface area contributed by atoms with E-state index in [4.69, 9.17) is 14.6 Å². The standard InChI is InChI=1S/C27H42O3.C4H6O2/c1-5-6-7-8-22-9-11-23(12-10-22)13-14-24-15-17-25(18-16-24)26(19-29-4)20-30-27(28)21(2)3;1-4(2-5)3-6/h9-12,24-26H,2,5-8,13-20H2,1,3-4H3;2,6H,1,3H2. The summed E-state index contributed by atoms with van der Waals surface area (Å²) in [6.07, 6.45) is 13.1. The molecule has 0 amide bonds. The summed E-state index contributed by atoms with van der Waals surface area (Å²) in [5, 5.41) is 8.00. The van der Waals surface area contributed by atoms with Crippen molar-refractivity contribution in [2.45, 2.75) is 78.1 Å². The average Bonchev–Trinajstić information content (AvgIpc) is 2.90. The number of esters is 1. The molecule has 36 heavy (non-hydrogen) atoms. The van der Waals surface area contributed by atoms with E-state index in [0.29, 0.717) is 36.9 Å². The molecular weight excluding hydrogens is 452 g/mol. The highest BCUT2D eigenvalue weighted by Gasteiger charge is 2.28. The van der Waals surface area contributed by atoms with Crippen molar-refractivity contribution < 1.29 is 24.2 Å². The van der Waals surface area contributed by atoms with Crippen LogP contribution in [0.1, 0.15) is 76.3 Å². The number of carbonyl (C=O) groups excluding carboxylic acids is 2. The zero-order chi connectivity index (χ0) is 26.8. The number of aldehydes is 1. The second kappa shape index (κ2) is 18.9. The lowest BCUT2D eigenvalue weighted by Crippen LogP contribution is -2.29. The molecule has 1 aromatic rings. The molecule has 0 spiro atoms. The minimum absolute atomic E-state index is 0.218. The Morgan fingerprint density at radius 3 is 2.14 bits per heavy atom. The first-order chi connectivity index (χ1) is 17.3. The molecule has 1 aliphatic carbocycles. The van der Waals surface area contributed by atoms with E-state index in [2.05, 4.69) is 44.3 Å². The van der Waals surface area contributed by atoms with E-state index in [1.165, 1.54) is 75.3 Å². The average molecular weight is 501 g/mol. The molecule has 0 aliphatic heterocycles. The van der Waals surface area contributed by atoms with Crippen molar-refractivity contribution in [2.75, 3.05) is 26.9 Å². The van der Waals surface area contributed by atoms with Crippen LogP contribution in [0.5, 0.6) is 0 Å². The van der Waals surface area contributed by atoms with Crippen LogP contribution < -0.4 is 0 Å². The number of ether oxygens (including phenoxy) is 2. The van der Waals surface area contributed by atoms with Crippen molar-refractivity contribution in [3.8, 4) is 0 Å². The number of benzene rings is 1. The Kier molecular flexibility index (Phi) is 16.7. The molecule has 1 aromatic carbocycles. The van der Waals surface area contributed by atoms with Crippen molar-refractivity contribution >= 4 is 12.3 Å². The smallest absolute Gasteiger partial charge is 0.333 e. The maximum atomic E-state index is 11.7. The molecule has 5 heteroatoms. The molecule has 5 nitrogen and oxygen atoms in total. The molecular formula is C31H48O5. The number of aliphatic hydroxyl groups excluding tert-OH is 1. The van der Waals surface area contributed by atoms with Crippen molar-refractivity contribution in [2.24, 2.45) is 17.8 Å². The Morgan fingerprint density at radius 1 is 1.06 bits per heavy atom. The van der Waals surface area contributed by atoms with Crippen molar-refractivity contribution in [1.82, 2.24) is 0 Å². The fraction of sp³-hybridized carbons (Fsp3) is 0.613. The van der Waals surface area contributed by atoms with E-state index in [0.717, 1.165) is 5.92 Å². The molecule has 202 valence electrons. The molecule has 1 fully saturated rings. The van der Waals surface area contributed by atoms with E-state index in [9.17, 15) is 9.59 Å². The predicted molar refractivity (Wildman–Crippen MR) is 147 cm³/mol. The van der Waals surface area contributed by atoms with Gasteiger partial charge in [-0.1, -0.05) is 70.0 Å². The fourth-order valence-electron chi connectivity index (χ4n) is 4.65. The van der Waals surface area contributed by atoms with Gasteiger partial charge in [-0.25, -0.2) is 4.79 Å². The normalized spacial score (nSPS) is 17.9. The minimum atomic E-state index is -0.291. The van der Waals surface area contributed by atoms with E-state index in [1.54, 1.807) is 14.0 Å². The van der Waals surface area contributed by atoms with E-state index in [1.807, 2.05) is 0 Å². The van der Waals surface area contributed by atoms with E-state index >= 15 is 0 Å². The molecule has 1 N–H and O–H groups in total. The SMILES string of the molecule is C=C(C)C(=O)OCC(COC)C1CCC(CCc2ccc(CCCCC)cc2)CC1.C=C(C=O)CO. The molecule has 2 rings (SSSR count). The van der Waals surface area contributed by atoms with Crippen LogP contribution in [0.25, 0.3) is 0 Å². The summed E-state index contributed by atoms with van der Waals surface area (Å²) >= 11 is 0. The lowest BCUT2D eigenvalue weighted by atomic mass is 9.74. The fourth-order valence-corrected chi connectivity index (χ4v) is 4.65. The first kappa shape index (κ1) is 31.8. The van der Waals surface area contributed by atoms with Gasteiger partial charge in [0.1, 0.15) is 6.29 Å². The number of methoxy groups -OCH3 is 1. The number of hydrogen-bond donors (Lipinski definition) is 1. The molecule has 0 heterocycles. The van der Waals surface area contributed by atoms with Gasteiger partial charge in [-0.2, -0.15) is 0 Å². The van der Waals surface area contributed by atoms with Crippen molar-refractivity contribution in [3.05, 3.63) is 59.7 Å². The van der Waals surface area contributed by atoms with Crippen LogP contribution in [0.15, 0.2) is 48.6 Å². The van der Waals surface area contributed by atoms with Gasteiger partial charge in [0, 0.05) is 24.2 Å². The number of unbranched alkanes of at least 4 members (excludes halogenated alkanes) is 2. The highest BCUT2D eigenvalue weighted by atomic mass is 16.5. The highest BCUT2D eigenvalue weighted by Crippen LogP contribution is 2.36. The van der Waals surface area contributed by atoms with Crippen LogP contribution in [0.4, 0.5) is 0 Å². The zero-order valence-electron chi connectivity index (χ0n) is 22.8. The number of carbonyl (C=O) groups is 2. The minimum Gasteiger partial charge on any atom is -0.462 e. The summed E-state index contributed by atoms with van der Waals surface area (Å²) in [7, 11) is 1.73. The summed E-state index contributed by atoms with van der Waals surface area (Å²) in [4.78, 5) is 21.2. The van der Waals surface area contributed by atoms with Crippen LogP contribution in [0, 0.1) is 17.8 Å². The second-order valence-corrected chi connectivity index (χ2v) is 10.1. The maximum absolute atomic E-state index is 11.7. The Labute approximate surface area is 219 Å². The van der Waals surface area contributed by atoms with Crippen LogP contribution in [-0.4, -0.2) is 44.3 Å². The number of rotatable bonds is 15. The van der Waals surface area contributed by atoms with Gasteiger partial charge in [0.2, 0.25) is 0 Å². The first-order valence-corrected chi connectivity index (χ1v) is 13.5. The molecule has 0 radical (unpaired) electrons. The highest BCUT2D eigenvalue weighted by molar-refractivity contribution is 5.86. The lowest BCUT2D eigenvalue weighted by Gasteiger charge is -2.33. The molecule has 0 saturated heterocycles. The third-order valence-corrected chi connectivity index (χ3v) is 7.02. The van der Waals surface area contributed by atoms with Crippen LogP contribution in [0.2, 0.25) is 0 Å². The van der Waals surface area contributed by atoms with Gasteiger partial charge >= 0.3 is 5.97 Å². The Balaban J connectivity index is 0.000000960. The Hall–Kier alpha value is -2.24. The van der Waals surface area contributed by atoms with Crippen LogP contribution >= 0.6 is 0 Å². The van der Waals surface area contributed by atoms with Crippen molar-refractivity contribution in [3.63, 3.8) is 0 Å². The van der Waals surface area contributed by atoms with E-state index in [-0.39, 0.29) is 18.1 Å². The topological polar surface area (TPSA) is 72.8 Å². The molecule has 1 aliphatic rings.